The molecule has 0 spiro atoms. The normalized spacial score (nSPS) is 17.8. The molecular formula is C29H29N7O. The molecule has 0 atom stereocenters. The number of anilines is 3. The molecular weight excluding hydrogens is 462 g/mol. The molecule has 1 saturated carbocycles. The molecule has 5 N–H and O–H groups in total. The van der Waals surface area contributed by atoms with Crippen molar-refractivity contribution >= 4 is 39.6 Å². The van der Waals surface area contributed by atoms with Gasteiger partial charge in [0, 0.05) is 40.9 Å². The van der Waals surface area contributed by atoms with Gasteiger partial charge in [-0.1, -0.05) is 30.3 Å². The van der Waals surface area contributed by atoms with Gasteiger partial charge in [-0.25, -0.2) is 15.0 Å². The van der Waals surface area contributed by atoms with Crippen molar-refractivity contribution in [2.75, 3.05) is 11.1 Å². The number of imidazole rings is 1. The molecule has 2 aromatic carbocycles. The number of hydrogen-bond donors (Lipinski definition) is 3. The van der Waals surface area contributed by atoms with Crippen molar-refractivity contribution in [2.24, 2.45) is 11.7 Å². The molecule has 5 aromatic rings. The minimum absolute atomic E-state index is 0.0535. The van der Waals surface area contributed by atoms with Crippen LogP contribution in [0.4, 0.5) is 17.3 Å². The van der Waals surface area contributed by atoms with Crippen LogP contribution in [0.2, 0.25) is 0 Å². The fraction of sp³-hybridized carbons (Fsp3) is 0.241. The van der Waals surface area contributed by atoms with E-state index < -0.39 is 0 Å². The van der Waals surface area contributed by atoms with Crippen molar-refractivity contribution in [2.45, 2.75) is 38.5 Å². The van der Waals surface area contributed by atoms with Gasteiger partial charge in [-0.05, 0) is 62.4 Å². The largest absolute Gasteiger partial charge is 0.382 e. The highest BCUT2D eigenvalue weighted by Crippen LogP contribution is 2.39. The Bertz CT molecular complexity index is 1620. The third-order valence-corrected chi connectivity index (χ3v) is 7.44. The fourth-order valence-electron chi connectivity index (χ4n) is 5.50. The highest BCUT2D eigenvalue weighted by Gasteiger charge is 2.29. The van der Waals surface area contributed by atoms with Gasteiger partial charge in [-0.3, -0.25) is 9.20 Å². The van der Waals surface area contributed by atoms with Crippen LogP contribution in [-0.2, 0) is 4.79 Å². The topological polar surface area (TPSA) is 124 Å². The summed E-state index contributed by atoms with van der Waals surface area (Å²) in [6, 6.07) is 18.3. The number of benzene rings is 2. The maximum atomic E-state index is 11.7. The molecule has 186 valence electrons. The van der Waals surface area contributed by atoms with Gasteiger partial charge in [-0.2, -0.15) is 0 Å². The summed E-state index contributed by atoms with van der Waals surface area (Å²) in [4.78, 5) is 26.0. The standard InChI is InChI=1S/C29H29N7O/c1-17-15-24(33-21-5-3-2-4-6-21)34-23-16-20(11-12-22(17)23)25-26-27(30)32-13-14-36(26)29(35-25)19-9-7-18(8-10-19)28(31)37/h2-6,11-16,18-19H,7-10H2,1H3,(H2,30,32)(H2,31,37)(H,33,34). The van der Waals surface area contributed by atoms with Gasteiger partial charge >= 0.3 is 0 Å². The van der Waals surface area contributed by atoms with Crippen molar-refractivity contribution in [3.8, 4) is 11.3 Å². The average Bonchev–Trinajstić information content (AvgIpc) is 3.30. The summed E-state index contributed by atoms with van der Waals surface area (Å²) in [6.07, 6.45) is 6.91. The van der Waals surface area contributed by atoms with E-state index in [1.807, 2.05) is 36.5 Å². The molecule has 6 rings (SSSR count). The van der Waals surface area contributed by atoms with E-state index in [9.17, 15) is 4.79 Å². The van der Waals surface area contributed by atoms with Crippen molar-refractivity contribution in [3.63, 3.8) is 0 Å². The summed E-state index contributed by atoms with van der Waals surface area (Å²) in [5.74, 6) is 2.14. The molecule has 1 amide bonds. The van der Waals surface area contributed by atoms with E-state index in [-0.39, 0.29) is 17.7 Å². The highest BCUT2D eigenvalue weighted by atomic mass is 16.1. The Morgan fingerprint density at radius 2 is 1.81 bits per heavy atom. The summed E-state index contributed by atoms with van der Waals surface area (Å²) < 4.78 is 2.06. The Morgan fingerprint density at radius 1 is 1.03 bits per heavy atom. The first-order valence-corrected chi connectivity index (χ1v) is 12.6. The Balaban J connectivity index is 1.42. The van der Waals surface area contributed by atoms with Gasteiger partial charge in [0.25, 0.3) is 0 Å². The molecule has 8 nitrogen and oxygen atoms in total. The van der Waals surface area contributed by atoms with Crippen LogP contribution in [0.1, 0.15) is 43.0 Å². The second-order valence-electron chi connectivity index (χ2n) is 9.85. The number of aryl methyl sites for hydroxylation is 1. The van der Waals surface area contributed by atoms with Crippen molar-refractivity contribution in [1.29, 1.82) is 0 Å². The summed E-state index contributed by atoms with van der Waals surface area (Å²) in [5.41, 5.74) is 17.5. The lowest BCUT2D eigenvalue weighted by Gasteiger charge is -2.25. The van der Waals surface area contributed by atoms with Crippen molar-refractivity contribution < 1.29 is 4.79 Å². The van der Waals surface area contributed by atoms with E-state index in [0.717, 1.165) is 76.3 Å². The maximum absolute atomic E-state index is 11.7. The second kappa shape index (κ2) is 9.20. The van der Waals surface area contributed by atoms with Crippen LogP contribution in [0.25, 0.3) is 27.7 Å². The summed E-state index contributed by atoms with van der Waals surface area (Å²) in [7, 11) is 0. The Kier molecular flexibility index (Phi) is 5.71. The van der Waals surface area contributed by atoms with E-state index in [2.05, 4.69) is 45.9 Å². The minimum atomic E-state index is -0.208. The molecule has 0 aliphatic heterocycles. The fourth-order valence-corrected chi connectivity index (χ4v) is 5.50. The number of para-hydroxylation sites is 1. The quantitative estimate of drug-likeness (QED) is 0.305. The monoisotopic (exact) mass is 491 g/mol. The van der Waals surface area contributed by atoms with Crippen LogP contribution in [0.5, 0.6) is 0 Å². The van der Waals surface area contributed by atoms with E-state index in [1.54, 1.807) is 6.20 Å². The smallest absolute Gasteiger partial charge is 0.220 e. The lowest BCUT2D eigenvalue weighted by molar-refractivity contribution is -0.122. The Hall–Kier alpha value is -4.46. The van der Waals surface area contributed by atoms with Crippen molar-refractivity contribution in [3.05, 3.63) is 78.4 Å². The van der Waals surface area contributed by atoms with E-state index in [0.29, 0.717) is 5.82 Å². The Morgan fingerprint density at radius 3 is 2.57 bits per heavy atom. The number of amides is 1. The van der Waals surface area contributed by atoms with Crippen LogP contribution in [0.15, 0.2) is 67.0 Å². The maximum Gasteiger partial charge on any atom is 0.220 e. The molecule has 0 unspecified atom stereocenters. The molecule has 1 fully saturated rings. The second-order valence-corrected chi connectivity index (χ2v) is 9.85. The number of hydrogen-bond acceptors (Lipinski definition) is 6. The number of carbonyl (C=O) groups excluding carboxylic acids is 1. The molecule has 1 aliphatic carbocycles. The molecule has 3 aromatic heterocycles. The lowest BCUT2D eigenvalue weighted by atomic mass is 9.81. The summed E-state index contributed by atoms with van der Waals surface area (Å²) in [6.45, 7) is 2.09. The number of carbonyl (C=O) groups is 1. The van der Waals surface area contributed by atoms with Gasteiger partial charge < -0.3 is 16.8 Å². The van der Waals surface area contributed by atoms with Gasteiger partial charge in [0.15, 0.2) is 0 Å². The van der Waals surface area contributed by atoms with Crippen LogP contribution >= 0.6 is 0 Å². The minimum Gasteiger partial charge on any atom is -0.382 e. The molecule has 3 heterocycles. The third kappa shape index (κ3) is 4.24. The van der Waals surface area contributed by atoms with Crippen LogP contribution in [0, 0.1) is 12.8 Å². The number of nitrogens with two attached hydrogens (primary N) is 2. The predicted octanol–water partition coefficient (Wildman–Crippen LogP) is 5.34. The SMILES string of the molecule is Cc1cc(Nc2ccccc2)nc2cc(-c3nc(C4CCC(C(N)=O)CC4)n4ccnc(N)c34)ccc12. The number of rotatable bonds is 5. The molecule has 8 heteroatoms. The third-order valence-electron chi connectivity index (χ3n) is 7.44. The number of nitrogens with one attached hydrogen (secondary N) is 1. The number of primary amides is 1. The molecule has 0 bridgehead atoms. The van der Waals surface area contributed by atoms with Crippen LogP contribution in [-0.4, -0.2) is 25.3 Å². The lowest BCUT2D eigenvalue weighted by Crippen LogP contribution is -2.27. The van der Waals surface area contributed by atoms with E-state index in [1.165, 1.54) is 0 Å². The first-order valence-electron chi connectivity index (χ1n) is 12.6. The molecule has 0 radical (unpaired) electrons. The number of aromatic nitrogens is 4. The average molecular weight is 492 g/mol. The number of nitrogens with zero attached hydrogens (tertiary/aromatic N) is 4. The Labute approximate surface area is 214 Å². The summed E-state index contributed by atoms with van der Waals surface area (Å²) >= 11 is 0. The molecule has 0 saturated heterocycles. The van der Waals surface area contributed by atoms with E-state index in [4.69, 9.17) is 21.4 Å². The first kappa shape index (κ1) is 23.0. The first-order chi connectivity index (χ1) is 18.0. The van der Waals surface area contributed by atoms with Crippen molar-refractivity contribution in [1.82, 2.24) is 19.4 Å². The molecule has 1 aliphatic rings. The predicted molar refractivity (Wildman–Crippen MR) is 146 cm³/mol. The number of fused-ring (bicyclic) bond motifs is 2. The zero-order chi connectivity index (χ0) is 25.5. The zero-order valence-electron chi connectivity index (χ0n) is 20.7. The summed E-state index contributed by atoms with van der Waals surface area (Å²) in [5, 5.41) is 4.48. The zero-order valence-corrected chi connectivity index (χ0v) is 20.7. The highest BCUT2D eigenvalue weighted by molar-refractivity contribution is 5.92. The van der Waals surface area contributed by atoms with Crippen LogP contribution < -0.4 is 16.8 Å². The van der Waals surface area contributed by atoms with Gasteiger partial charge in [0.1, 0.15) is 28.7 Å². The van der Waals surface area contributed by atoms with E-state index >= 15 is 0 Å². The van der Waals surface area contributed by atoms with Gasteiger partial charge in [0.2, 0.25) is 5.91 Å². The molecule has 37 heavy (non-hydrogen) atoms. The van der Waals surface area contributed by atoms with Gasteiger partial charge in [-0.15, -0.1) is 0 Å². The van der Waals surface area contributed by atoms with Gasteiger partial charge in [0.05, 0.1) is 5.52 Å². The number of nitrogen functional groups attached to an aromatic ring is 1. The van der Waals surface area contributed by atoms with Crippen LogP contribution in [0.3, 0.4) is 0 Å². The number of pyridine rings is 1.